The summed E-state index contributed by atoms with van der Waals surface area (Å²) in [5.74, 6) is 0.818. The van der Waals surface area contributed by atoms with Gasteiger partial charge in [-0.1, -0.05) is 30.3 Å². The predicted octanol–water partition coefficient (Wildman–Crippen LogP) is 4.09. The Hall–Kier alpha value is -3.02. The summed E-state index contributed by atoms with van der Waals surface area (Å²) in [7, 11) is 0. The van der Waals surface area contributed by atoms with Crippen LogP contribution in [0.4, 0.5) is 21.8 Å². The Morgan fingerprint density at radius 1 is 1.12 bits per heavy atom. The van der Waals surface area contributed by atoms with Gasteiger partial charge in [-0.25, -0.2) is 4.39 Å². The van der Waals surface area contributed by atoms with Crippen LogP contribution in [0.25, 0.3) is 0 Å². The van der Waals surface area contributed by atoms with Gasteiger partial charge in [0.05, 0.1) is 6.20 Å². The van der Waals surface area contributed by atoms with Crippen molar-refractivity contribution in [3.8, 4) is 0 Å². The predicted molar refractivity (Wildman–Crippen MR) is 97.4 cm³/mol. The van der Waals surface area contributed by atoms with E-state index >= 15 is 0 Å². The lowest BCUT2D eigenvalue weighted by atomic mass is 10.2. The maximum Gasteiger partial charge on any atom is 0.251 e. The molecule has 0 aliphatic carbocycles. The second-order valence-electron chi connectivity index (χ2n) is 5.67. The van der Waals surface area contributed by atoms with Gasteiger partial charge in [0.15, 0.2) is 5.82 Å². The number of hydrogen-bond donors (Lipinski definition) is 1. The first-order valence-corrected chi connectivity index (χ1v) is 8.18. The van der Waals surface area contributed by atoms with Crippen LogP contribution in [0.15, 0.2) is 54.7 Å². The Kier molecular flexibility index (Phi) is 5.18. The third-order valence-electron chi connectivity index (χ3n) is 3.84. The van der Waals surface area contributed by atoms with Gasteiger partial charge in [-0.05, 0) is 37.6 Å². The fourth-order valence-corrected chi connectivity index (χ4v) is 2.56. The minimum absolute atomic E-state index is 0.243. The first kappa shape index (κ1) is 16.8. The second kappa shape index (κ2) is 7.70. The average Bonchev–Trinajstić information content (AvgIpc) is 2.62. The number of anilines is 3. The van der Waals surface area contributed by atoms with Gasteiger partial charge in [0.1, 0.15) is 5.82 Å². The maximum absolute atomic E-state index is 13.7. The molecular formula is C19H20FN5. The zero-order chi connectivity index (χ0) is 17.6. The summed E-state index contributed by atoms with van der Waals surface area (Å²) in [4.78, 5) is 6.49. The minimum atomic E-state index is -0.243. The topological polar surface area (TPSA) is 53.9 Å². The van der Waals surface area contributed by atoms with E-state index < -0.39 is 0 Å². The molecule has 0 saturated heterocycles. The lowest BCUT2D eigenvalue weighted by Gasteiger charge is -2.21. The van der Waals surface area contributed by atoms with Crippen LogP contribution in [-0.2, 0) is 6.54 Å². The fraction of sp³-hybridized carbons (Fsp3) is 0.211. The van der Waals surface area contributed by atoms with Gasteiger partial charge in [-0.15, -0.1) is 5.10 Å². The highest BCUT2D eigenvalue weighted by Gasteiger charge is 2.12. The van der Waals surface area contributed by atoms with Crippen LogP contribution in [0.5, 0.6) is 0 Å². The van der Waals surface area contributed by atoms with E-state index in [1.54, 1.807) is 18.2 Å². The van der Waals surface area contributed by atoms with Crippen molar-refractivity contribution >= 4 is 17.5 Å². The van der Waals surface area contributed by atoms with E-state index in [0.29, 0.717) is 30.4 Å². The van der Waals surface area contributed by atoms with E-state index in [-0.39, 0.29) is 5.82 Å². The fourth-order valence-electron chi connectivity index (χ4n) is 2.56. The van der Waals surface area contributed by atoms with Gasteiger partial charge >= 0.3 is 0 Å². The summed E-state index contributed by atoms with van der Waals surface area (Å²) in [6.45, 7) is 5.12. The molecule has 5 nitrogen and oxygen atoms in total. The maximum atomic E-state index is 13.7. The van der Waals surface area contributed by atoms with Crippen LogP contribution in [0, 0.1) is 12.7 Å². The summed E-state index contributed by atoms with van der Waals surface area (Å²) in [5, 5.41) is 11.3. The van der Waals surface area contributed by atoms with Crippen molar-refractivity contribution in [2.75, 3.05) is 16.8 Å². The highest BCUT2D eigenvalue weighted by molar-refractivity contribution is 5.58. The molecule has 0 spiro atoms. The van der Waals surface area contributed by atoms with Crippen LogP contribution in [0.3, 0.4) is 0 Å². The van der Waals surface area contributed by atoms with Crippen molar-refractivity contribution in [2.24, 2.45) is 0 Å². The van der Waals surface area contributed by atoms with Crippen LogP contribution in [-0.4, -0.2) is 21.7 Å². The molecule has 0 aliphatic rings. The molecule has 128 valence electrons. The number of nitrogens with one attached hydrogen (secondary N) is 1. The Morgan fingerprint density at radius 2 is 1.96 bits per heavy atom. The van der Waals surface area contributed by atoms with Gasteiger partial charge < -0.3 is 10.2 Å². The van der Waals surface area contributed by atoms with Gasteiger partial charge in [0.2, 0.25) is 0 Å². The Balaban J connectivity index is 1.79. The largest absolute Gasteiger partial charge is 0.364 e. The van der Waals surface area contributed by atoms with E-state index in [9.17, 15) is 4.39 Å². The Labute approximate surface area is 146 Å². The lowest BCUT2D eigenvalue weighted by Crippen LogP contribution is -2.20. The molecule has 1 N–H and O–H groups in total. The van der Waals surface area contributed by atoms with Crippen LogP contribution in [0.1, 0.15) is 18.1 Å². The molecule has 1 aromatic heterocycles. The molecule has 3 aromatic rings. The van der Waals surface area contributed by atoms with Gasteiger partial charge in [0.25, 0.3) is 5.95 Å². The van der Waals surface area contributed by atoms with E-state index in [1.807, 2.05) is 36.9 Å². The van der Waals surface area contributed by atoms with E-state index in [2.05, 4.69) is 26.6 Å². The van der Waals surface area contributed by atoms with Crippen molar-refractivity contribution in [3.63, 3.8) is 0 Å². The number of aryl methyl sites for hydroxylation is 1. The number of aromatic nitrogens is 3. The number of nitrogens with zero attached hydrogens (tertiary/aromatic N) is 4. The smallest absolute Gasteiger partial charge is 0.251 e. The zero-order valence-electron chi connectivity index (χ0n) is 14.3. The van der Waals surface area contributed by atoms with Crippen LogP contribution < -0.4 is 10.2 Å². The van der Waals surface area contributed by atoms with Gasteiger partial charge in [-0.2, -0.15) is 10.1 Å². The van der Waals surface area contributed by atoms with Gasteiger partial charge in [0, 0.05) is 24.3 Å². The molecule has 0 unspecified atom stereocenters. The molecule has 0 fully saturated rings. The van der Waals surface area contributed by atoms with Crippen molar-refractivity contribution in [2.45, 2.75) is 20.4 Å². The molecule has 1 heterocycles. The van der Waals surface area contributed by atoms with E-state index in [1.165, 1.54) is 12.3 Å². The van der Waals surface area contributed by atoms with E-state index in [0.717, 1.165) is 11.3 Å². The lowest BCUT2D eigenvalue weighted by molar-refractivity contribution is 0.613. The second-order valence-corrected chi connectivity index (χ2v) is 5.67. The Morgan fingerprint density at radius 3 is 2.72 bits per heavy atom. The molecular weight excluding hydrogens is 317 g/mol. The van der Waals surface area contributed by atoms with E-state index in [4.69, 9.17) is 0 Å². The molecule has 0 amide bonds. The summed E-state index contributed by atoms with van der Waals surface area (Å²) in [6.07, 6.45) is 1.54. The number of benzene rings is 2. The molecule has 6 heteroatoms. The molecule has 25 heavy (non-hydrogen) atoms. The first-order valence-electron chi connectivity index (χ1n) is 8.18. The number of rotatable bonds is 6. The SMILES string of the molecule is CCN(c1cccc(C)c1)c1nncc(NCc2ccccc2F)n1. The quantitative estimate of drug-likeness (QED) is 0.734. The summed E-state index contributed by atoms with van der Waals surface area (Å²) < 4.78 is 13.7. The summed E-state index contributed by atoms with van der Waals surface area (Å²) >= 11 is 0. The third kappa shape index (κ3) is 4.09. The molecule has 0 radical (unpaired) electrons. The molecule has 0 saturated carbocycles. The molecule has 0 atom stereocenters. The normalized spacial score (nSPS) is 10.5. The monoisotopic (exact) mass is 337 g/mol. The van der Waals surface area contributed by atoms with Gasteiger partial charge in [-0.3, -0.25) is 0 Å². The van der Waals surface area contributed by atoms with Crippen molar-refractivity contribution in [3.05, 3.63) is 71.7 Å². The number of hydrogen-bond acceptors (Lipinski definition) is 5. The van der Waals surface area contributed by atoms with Crippen molar-refractivity contribution in [1.82, 2.24) is 15.2 Å². The third-order valence-corrected chi connectivity index (χ3v) is 3.84. The molecule has 0 aliphatic heterocycles. The highest BCUT2D eigenvalue weighted by atomic mass is 19.1. The van der Waals surface area contributed by atoms with Crippen LogP contribution >= 0.6 is 0 Å². The van der Waals surface area contributed by atoms with Crippen molar-refractivity contribution < 1.29 is 4.39 Å². The minimum Gasteiger partial charge on any atom is -0.364 e. The average molecular weight is 337 g/mol. The highest BCUT2D eigenvalue weighted by Crippen LogP contribution is 2.23. The first-order chi connectivity index (χ1) is 12.2. The Bertz CT molecular complexity index is 852. The van der Waals surface area contributed by atoms with Crippen molar-refractivity contribution in [1.29, 1.82) is 0 Å². The van der Waals surface area contributed by atoms with Crippen LogP contribution in [0.2, 0.25) is 0 Å². The number of halogens is 1. The zero-order valence-corrected chi connectivity index (χ0v) is 14.3. The molecule has 3 rings (SSSR count). The molecule has 0 bridgehead atoms. The summed E-state index contributed by atoms with van der Waals surface area (Å²) in [5.41, 5.74) is 2.75. The standard InChI is InChI=1S/C19H20FN5/c1-3-25(16-9-6-7-14(2)11-16)19-23-18(13-22-24-19)21-12-15-8-4-5-10-17(15)20/h4-11,13H,3,12H2,1-2H3,(H,21,23,24). The summed E-state index contributed by atoms with van der Waals surface area (Å²) in [6, 6.07) is 14.8. The molecule has 2 aromatic carbocycles.